The third-order valence-electron chi connectivity index (χ3n) is 3.04. The Bertz CT molecular complexity index is 676. The van der Waals surface area contributed by atoms with Gasteiger partial charge in [-0.25, -0.2) is 0 Å². The van der Waals surface area contributed by atoms with Gasteiger partial charge in [0, 0.05) is 23.9 Å². The van der Waals surface area contributed by atoms with Crippen LogP contribution in [0.5, 0.6) is 5.75 Å². The second-order valence-electron chi connectivity index (χ2n) is 4.33. The summed E-state index contributed by atoms with van der Waals surface area (Å²) in [7, 11) is 1.67. The summed E-state index contributed by atoms with van der Waals surface area (Å²) in [6, 6.07) is 12.0. The molecule has 102 valence electrons. The minimum Gasteiger partial charge on any atom is -0.497 e. The fourth-order valence-electron chi connectivity index (χ4n) is 2.01. The standard InChI is InChI=1S/C15H15N3OS/c1-19-13-5-2-4-12(8-13)16-9-11-10-17-18-15(11)14-6-3-7-20-14/h2-8,10,16H,9H2,1H3,(H,17,18). The molecule has 2 heterocycles. The number of thiophene rings is 1. The summed E-state index contributed by atoms with van der Waals surface area (Å²) >= 11 is 1.70. The second-order valence-corrected chi connectivity index (χ2v) is 5.28. The molecule has 0 atom stereocenters. The molecule has 0 bridgehead atoms. The summed E-state index contributed by atoms with van der Waals surface area (Å²) < 4.78 is 5.22. The fraction of sp³-hybridized carbons (Fsp3) is 0.133. The van der Waals surface area contributed by atoms with E-state index in [9.17, 15) is 0 Å². The molecule has 0 radical (unpaired) electrons. The lowest BCUT2D eigenvalue weighted by Gasteiger charge is -2.08. The van der Waals surface area contributed by atoms with Gasteiger partial charge in [0.15, 0.2) is 0 Å². The maximum atomic E-state index is 5.22. The first-order chi connectivity index (χ1) is 9.86. The van der Waals surface area contributed by atoms with Crippen LogP contribution >= 0.6 is 11.3 Å². The van der Waals surface area contributed by atoms with Crippen LogP contribution in [0.15, 0.2) is 48.0 Å². The highest BCUT2D eigenvalue weighted by molar-refractivity contribution is 7.13. The molecule has 0 fully saturated rings. The van der Waals surface area contributed by atoms with Crippen LogP contribution in [0, 0.1) is 0 Å². The predicted molar refractivity (Wildman–Crippen MR) is 82.2 cm³/mol. The molecule has 0 unspecified atom stereocenters. The summed E-state index contributed by atoms with van der Waals surface area (Å²) in [6.45, 7) is 0.719. The summed E-state index contributed by atoms with van der Waals surface area (Å²) in [5.74, 6) is 0.848. The zero-order chi connectivity index (χ0) is 13.8. The van der Waals surface area contributed by atoms with E-state index in [1.165, 1.54) is 4.88 Å². The van der Waals surface area contributed by atoms with E-state index in [-0.39, 0.29) is 0 Å². The first kappa shape index (κ1) is 12.7. The number of nitrogens with zero attached hydrogens (tertiary/aromatic N) is 1. The molecule has 0 aliphatic carbocycles. The highest BCUT2D eigenvalue weighted by Crippen LogP contribution is 2.26. The first-order valence-electron chi connectivity index (χ1n) is 6.31. The SMILES string of the molecule is COc1cccc(NCc2cn[nH]c2-c2cccs2)c1. The molecule has 1 aromatic carbocycles. The van der Waals surface area contributed by atoms with Gasteiger partial charge in [0.2, 0.25) is 0 Å². The Labute approximate surface area is 121 Å². The molecule has 3 aromatic rings. The molecule has 0 saturated carbocycles. The average molecular weight is 285 g/mol. The van der Waals surface area contributed by atoms with Gasteiger partial charge in [-0.05, 0) is 23.6 Å². The van der Waals surface area contributed by atoms with Crippen molar-refractivity contribution in [2.24, 2.45) is 0 Å². The number of methoxy groups -OCH3 is 1. The third-order valence-corrected chi connectivity index (χ3v) is 3.93. The van der Waals surface area contributed by atoms with E-state index in [1.54, 1.807) is 18.4 Å². The highest BCUT2D eigenvalue weighted by Gasteiger charge is 2.08. The molecule has 0 amide bonds. The van der Waals surface area contributed by atoms with Crippen LogP contribution in [0.25, 0.3) is 10.6 Å². The van der Waals surface area contributed by atoms with E-state index in [0.717, 1.165) is 29.2 Å². The number of ether oxygens (including phenoxy) is 1. The Morgan fingerprint density at radius 1 is 1.30 bits per heavy atom. The van der Waals surface area contributed by atoms with Crippen molar-refractivity contribution in [3.05, 3.63) is 53.5 Å². The lowest BCUT2D eigenvalue weighted by molar-refractivity contribution is 0.415. The van der Waals surface area contributed by atoms with E-state index in [1.807, 2.05) is 36.5 Å². The van der Waals surface area contributed by atoms with Crippen molar-refractivity contribution in [3.63, 3.8) is 0 Å². The summed E-state index contributed by atoms with van der Waals surface area (Å²) in [4.78, 5) is 1.20. The lowest BCUT2D eigenvalue weighted by Crippen LogP contribution is -1.99. The van der Waals surface area contributed by atoms with E-state index >= 15 is 0 Å². The van der Waals surface area contributed by atoms with Gasteiger partial charge in [0.1, 0.15) is 5.75 Å². The van der Waals surface area contributed by atoms with Gasteiger partial charge in [0.05, 0.1) is 23.9 Å². The van der Waals surface area contributed by atoms with Crippen molar-refractivity contribution in [2.45, 2.75) is 6.54 Å². The van der Waals surface area contributed by atoms with Crippen LogP contribution in [-0.4, -0.2) is 17.3 Å². The van der Waals surface area contributed by atoms with Gasteiger partial charge in [-0.15, -0.1) is 11.3 Å². The lowest BCUT2D eigenvalue weighted by atomic mass is 10.2. The summed E-state index contributed by atoms with van der Waals surface area (Å²) in [5, 5.41) is 12.7. The number of anilines is 1. The van der Waals surface area contributed by atoms with E-state index in [0.29, 0.717) is 0 Å². The average Bonchev–Trinajstić information content (AvgIpc) is 3.16. The minimum atomic E-state index is 0.719. The first-order valence-corrected chi connectivity index (χ1v) is 7.19. The highest BCUT2D eigenvalue weighted by atomic mass is 32.1. The predicted octanol–water partition coefficient (Wildman–Crippen LogP) is 3.76. The molecule has 3 rings (SSSR count). The van der Waals surface area contributed by atoms with Gasteiger partial charge < -0.3 is 10.1 Å². The van der Waals surface area contributed by atoms with Gasteiger partial charge >= 0.3 is 0 Å². The molecule has 4 nitrogen and oxygen atoms in total. The molecule has 2 aromatic heterocycles. The van der Waals surface area contributed by atoms with Crippen molar-refractivity contribution in [1.29, 1.82) is 0 Å². The Kier molecular flexibility index (Phi) is 3.69. The Hall–Kier alpha value is -2.27. The number of nitrogens with one attached hydrogen (secondary N) is 2. The van der Waals surface area contributed by atoms with Crippen molar-refractivity contribution in [3.8, 4) is 16.3 Å². The van der Waals surface area contributed by atoms with Crippen LogP contribution in [-0.2, 0) is 6.54 Å². The minimum absolute atomic E-state index is 0.719. The van der Waals surface area contributed by atoms with E-state index in [4.69, 9.17) is 4.74 Å². The molecule has 0 spiro atoms. The van der Waals surface area contributed by atoms with Crippen LogP contribution in [0.4, 0.5) is 5.69 Å². The molecule has 0 aliphatic heterocycles. The van der Waals surface area contributed by atoms with E-state index in [2.05, 4.69) is 27.0 Å². The van der Waals surface area contributed by atoms with Gasteiger partial charge in [-0.2, -0.15) is 5.10 Å². The monoisotopic (exact) mass is 285 g/mol. The number of rotatable bonds is 5. The molecule has 0 saturated heterocycles. The normalized spacial score (nSPS) is 10.4. The van der Waals surface area contributed by atoms with Gasteiger partial charge in [-0.3, -0.25) is 5.10 Å². The number of benzene rings is 1. The Morgan fingerprint density at radius 3 is 3.05 bits per heavy atom. The van der Waals surface area contributed by atoms with Crippen LogP contribution in [0.2, 0.25) is 0 Å². The van der Waals surface area contributed by atoms with E-state index < -0.39 is 0 Å². The Morgan fingerprint density at radius 2 is 2.25 bits per heavy atom. The second kappa shape index (κ2) is 5.79. The Balaban J connectivity index is 1.74. The molecule has 5 heteroatoms. The van der Waals surface area contributed by atoms with Crippen molar-refractivity contribution in [1.82, 2.24) is 10.2 Å². The molecular formula is C15H15N3OS. The third kappa shape index (κ3) is 2.67. The smallest absolute Gasteiger partial charge is 0.120 e. The largest absolute Gasteiger partial charge is 0.497 e. The van der Waals surface area contributed by atoms with Gasteiger partial charge in [-0.1, -0.05) is 12.1 Å². The topological polar surface area (TPSA) is 49.9 Å². The molecule has 2 N–H and O–H groups in total. The zero-order valence-electron chi connectivity index (χ0n) is 11.1. The summed E-state index contributed by atoms with van der Waals surface area (Å²) in [6.07, 6.45) is 1.86. The molecule has 20 heavy (non-hydrogen) atoms. The van der Waals surface area contributed by atoms with Gasteiger partial charge in [0.25, 0.3) is 0 Å². The summed E-state index contributed by atoms with van der Waals surface area (Å²) in [5.41, 5.74) is 3.26. The number of aromatic amines is 1. The number of hydrogen-bond donors (Lipinski definition) is 2. The number of hydrogen-bond acceptors (Lipinski definition) is 4. The van der Waals surface area contributed by atoms with Crippen LogP contribution < -0.4 is 10.1 Å². The van der Waals surface area contributed by atoms with Crippen molar-refractivity contribution < 1.29 is 4.74 Å². The van der Waals surface area contributed by atoms with Crippen LogP contribution in [0.1, 0.15) is 5.56 Å². The fourth-order valence-corrected chi connectivity index (χ4v) is 2.77. The van der Waals surface area contributed by atoms with Crippen LogP contribution in [0.3, 0.4) is 0 Å². The van der Waals surface area contributed by atoms with Crippen molar-refractivity contribution in [2.75, 3.05) is 12.4 Å². The maximum absolute atomic E-state index is 5.22. The quantitative estimate of drug-likeness (QED) is 0.750. The van der Waals surface area contributed by atoms with Crippen molar-refractivity contribution >= 4 is 17.0 Å². The number of aromatic nitrogens is 2. The molecule has 0 aliphatic rings. The molecular weight excluding hydrogens is 270 g/mol. The maximum Gasteiger partial charge on any atom is 0.120 e. The number of H-pyrrole nitrogens is 1. The zero-order valence-corrected chi connectivity index (χ0v) is 11.9.